The molecular weight excluding hydrogens is 222 g/mol. The van der Waals surface area contributed by atoms with Crippen LogP contribution >= 0.6 is 0 Å². The van der Waals surface area contributed by atoms with Gasteiger partial charge in [-0.05, 0) is 51.5 Å². The van der Waals surface area contributed by atoms with Crippen LogP contribution < -0.4 is 5.32 Å². The molecule has 2 aliphatic heterocycles. The standard InChI is InChI=1S/C15H27N3/c1-2-12(16-8-1)10-18(14-5-6-14)15-7-9-17(11-15)13-3-4-13/h12-16H,1-11H2. The predicted molar refractivity (Wildman–Crippen MR) is 73.8 cm³/mol. The molecule has 102 valence electrons. The Hall–Kier alpha value is -0.120. The molecule has 4 rings (SSSR count). The van der Waals surface area contributed by atoms with Gasteiger partial charge in [0.15, 0.2) is 0 Å². The minimum atomic E-state index is 0.792. The fraction of sp³-hybridized carbons (Fsp3) is 1.00. The fourth-order valence-corrected chi connectivity index (χ4v) is 3.98. The molecule has 0 aromatic rings. The van der Waals surface area contributed by atoms with Gasteiger partial charge in [-0.3, -0.25) is 9.80 Å². The molecule has 2 saturated heterocycles. The molecule has 18 heavy (non-hydrogen) atoms. The quantitative estimate of drug-likeness (QED) is 0.795. The van der Waals surface area contributed by atoms with Crippen molar-refractivity contribution >= 4 is 0 Å². The zero-order chi connectivity index (χ0) is 11.9. The predicted octanol–water partition coefficient (Wildman–Crippen LogP) is 1.44. The van der Waals surface area contributed by atoms with E-state index in [4.69, 9.17) is 0 Å². The van der Waals surface area contributed by atoms with E-state index in [9.17, 15) is 0 Å². The lowest BCUT2D eigenvalue weighted by Gasteiger charge is -2.31. The lowest BCUT2D eigenvalue weighted by molar-refractivity contribution is 0.167. The molecule has 2 unspecified atom stereocenters. The van der Waals surface area contributed by atoms with E-state index < -0.39 is 0 Å². The van der Waals surface area contributed by atoms with Gasteiger partial charge in [0.1, 0.15) is 0 Å². The van der Waals surface area contributed by atoms with Crippen LogP contribution in [0.4, 0.5) is 0 Å². The van der Waals surface area contributed by atoms with Gasteiger partial charge in [0.2, 0.25) is 0 Å². The Kier molecular flexibility index (Phi) is 3.10. The summed E-state index contributed by atoms with van der Waals surface area (Å²) in [5.74, 6) is 0. The van der Waals surface area contributed by atoms with Crippen molar-refractivity contribution in [1.82, 2.24) is 15.1 Å². The van der Waals surface area contributed by atoms with E-state index in [1.807, 2.05) is 0 Å². The van der Waals surface area contributed by atoms with Crippen molar-refractivity contribution in [3.8, 4) is 0 Å². The SMILES string of the molecule is C1CNC(CN(C2CC2)C2CCN(C3CC3)C2)C1. The molecule has 0 radical (unpaired) electrons. The third-order valence-electron chi connectivity index (χ3n) is 5.34. The van der Waals surface area contributed by atoms with Crippen molar-refractivity contribution in [3.63, 3.8) is 0 Å². The number of nitrogens with one attached hydrogen (secondary N) is 1. The summed E-state index contributed by atoms with van der Waals surface area (Å²) < 4.78 is 0. The number of hydrogen-bond acceptors (Lipinski definition) is 3. The van der Waals surface area contributed by atoms with Gasteiger partial charge in [0.25, 0.3) is 0 Å². The van der Waals surface area contributed by atoms with Gasteiger partial charge in [0.05, 0.1) is 0 Å². The smallest absolute Gasteiger partial charge is 0.0239 e. The fourth-order valence-electron chi connectivity index (χ4n) is 3.98. The zero-order valence-corrected chi connectivity index (χ0v) is 11.5. The van der Waals surface area contributed by atoms with E-state index in [0.717, 1.165) is 24.2 Å². The maximum Gasteiger partial charge on any atom is 0.0239 e. The van der Waals surface area contributed by atoms with Crippen LogP contribution in [0.5, 0.6) is 0 Å². The first-order valence-electron chi connectivity index (χ1n) is 8.13. The molecule has 0 aromatic carbocycles. The summed E-state index contributed by atoms with van der Waals surface area (Å²) in [6.07, 6.45) is 10.1. The number of nitrogens with zero attached hydrogens (tertiary/aromatic N) is 2. The maximum absolute atomic E-state index is 3.68. The van der Waals surface area contributed by atoms with Crippen molar-refractivity contribution in [2.45, 2.75) is 69.1 Å². The van der Waals surface area contributed by atoms with Crippen LogP contribution in [0.2, 0.25) is 0 Å². The second-order valence-corrected chi connectivity index (χ2v) is 6.89. The second kappa shape index (κ2) is 4.77. The van der Waals surface area contributed by atoms with E-state index >= 15 is 0 Å². The van der Waals surface area contributed by atoms with Crippen LogP contribution in [-0.2, 0) is 0 Å². The summed E-state index contributed by atoms with van der Waals surface area (Å²) in [6.45, 7) is 5.32. The molecule has 3 heteroatoms. The Balaban J connectivity index is 1.36. The summed E-state index contributed by atoms with van der Waals surface area (Å²) in [6, 6.07) is 3.58. The Morgan fingerprint density at radius 1 is 1.00 bits per heavy atom. The molecule has 0 aromatic heterocycles. The second-order valence-electron chi connectivity index (χ2n) is 6.89. The minimum Gasteiger partial charge on any atom is -0.313 e. The first kappa shape index (κ1) is 11.7. The molecule has 2 atom stereocenters. The van der Waals surface area contributed by atoms with Crippen molar-refractivity contribution in [3.05, 3.63) is 0 Å². The molecule has 0 bridgehead atoms. The molecule has 4 fully saturated rings. The minimum absolute atomic E-state index is 0.792. The van der Waals surface area contributed by atoms with Gasteiger partial charge in [-0.1, -0.05) is 0 Å². The van der Waals surface area contributed by atoms with Gasteiger partial charge in [0, 0.05) is 43.8 Å². The Morgan fingerprint density at radius 2 is 1.89 bits per heavy atom. The molecule has 0 spiro atoms. The molecule has 4 aliphatic rings. The maximum atomic E-state index is 3.68. The van der Waals surface area contributed by atoms with Crippen molar-refractivity contribution in [1.29, 1.82) is 0 Å². The molecule has 2 heterocycles. The summed E-state index contributed by atoms with van der Waals surface area (Å²) in [4.78, 5) is 5.65. The largest absolute Gasteiger partial charge is 0.313 e. The Labute approximate surface area is 111 Å². The van der Waals surface area contributed by atoms with Gasteiger partial charge < -0.3 is 5.32 Å². The van der Waals surface area contributed by atoms with Crippen molar-refractivity contribution in [2.24, 2.45) is 0 Å². The normalized spacial score (nSPS) is 37.8. The Bertz CT molecular complexity index is 292. The first-order chi connectivity index (χ1) is 8.90. The Morgan fingerprint density at radius 3 is 2.56 bits per heavy atom. The lowest BCUT2D eigenvalue weighted by Crippen LogP contribution is -2.46. The molecule has 1 N–H and O–H groups in total. The highest BCUT2D eigenvalue weighted by atomic mass is 15.3. The van der Waals surface area contributed by atoms with E-state index in [1.165, 1.54) is 71.1 Å². The average molecular weight is 249 g/mol. The van der Waals surface area contributed by atoms with E-state index in [2.05, 4.69) is 15.1 Å². The summed E-state index contributed by atoms with van der Waals surface area (Å²) in [7, 11) is 0. The van der Waals surface area contributed by atoms with Crippen LogP contribution in [0, 0.1) is 0 Å². The molecule has 2 aliphatic carbocycles. The van der Waals surface area contributed by atoms with E-state index in [0.29, 0.717) is 0 Å². The third kappa shape index (κ3) is 2.45. The molecular formula is C15H27N3. The van der Waals surface area contributed by atoms with Gasteiger partial charge in [-0.2, -0.15) is 0 Å². The average Bonchev–Trinajstić information content (AvgIpc) is 3.30. The van der Waals surface area contributed by atoms with Gasteiger partial charge in [-0.25, -0.2) is 0 Å². The highest BCUT2D eigenvalue weighted by Crippen LogP contribution is 2.35. The number of rotatable bonds is 5. The highest BCUT2D eigenvalue weighted by molar-refractivity contribution is 4.98. The van der Waals surface area contributed by atoms with Crippen molar-refractivity contribution < 1.29 is 0 Å². The van der Waals surface area contributed by atoms with E-state index in [1.54, 1.807) is 0 Å². The third-order valence-corrected chi connectivity index (χ3v) is 5.34. The van der Waals surface area contributed by atoms with Gasteiger partial charge in [-0.15, -0.1) is 0 Å². The van der Waals surface area contributed by atoms with Crippen LogP contribution in [0.15, 0.2) is 0 Å². The molecule has 0 amide bonds. The molecule has 2 saturated carbocycles. The van der Waals surface area contributed by atoms with Gasteiger partial charge >= 0.3 is 0 Å². The summed E-state index contributed by atoms with van der Waals surface area (Å²) >= 11 is 0. The van der Waals surface area contributed by atoms with Crippen LogP contribution in [0.3, 0.4) is 0 Å². The number of likely N-dealkylation sites (tertiary alicyclic amines) is 1. The van der Waals surface area contributed by atoms with Crippen LogP contribution in [-0.4, -0.2) is 60.1 Å². The topological polar surface area (TPSA) is 18.5 Å². The number of hydrogen-bond donors (Lipinski definition) is 1. The van der Waals surface area contributed by atoms with E-state index in [-0.39, 0.29) is 0 Å². The summed E-state index contributed by atoms with van der Waals surface area (Å²) in [5, 5.41) is 3.68. The van der Waals surface area contributed by atoms with Crippen LogP contribution in [0.25, 0.3) is 0 Å². The highest BCUT2D eigenvalue weighted by Gasteiger charge is 2.41. The van der Waals surface area contributed by atoms with Crippen LogP contribution in [0.1, 0.15) is 44.9 Å². The molecule has 3 nitrogen and oxygen atoms in total. The first-order valence-corrected chi connectivity index (χ1v) is 8.13. The summed E-state index contributed by atoms with van der Waals surface area (Å²) in [5.41, 5.74) is 0. The zero-order valence-electron chi connectivity index (χ0n) is 11.5. The monoisotopic (exact) mass is 249 g/mol. The van der Waals surface area contributed by atoms with Crippen molar-refractivity contribution in [2.75, 3.05) is 26.2 Å². The lowest BCUT2D eigenvalue weighted by atomic mass is 10.1.